The summed E-state index contributed by atoms with van der Waals surface area (Å²) in [5.41, 5.74) is 7.43. The number of rotatable bonds is 1. The second kappa shape index (κ2) is 5.59. The molecular formula is C25H19NO2. The molecule has 1 unspecified atom stereocenters. The van der Waals surface area contributed by atoms with Crippen LogP contribution in [0.5, 0.6) is 0 Å². The largest absolute Gasteiger partial charge is 0.460 e. The highest BCUT2D eigenvalue weighted by Crippen LogP contribution is 2.40. The van der Waals surface area contributed by atoms with Crippen LogP contribution in [0.4, 0.5) is 0 Å². The van der Waals surface area contributed by atoms with Crippen molar-refractivity contribution in [3.63, 3.8) is 0 Å². The number of hydrogen-bond acceptors (Lipinski definition) is 3. The van der Waals surface area contributed by atoms with Crippen molar-refractivity contribution in [3.8, 4) is 0 Å². The van der Waals surface area contributed by atoms with E-state index in [2.05, 4.69) is 55.2 Å². The fourth-order valence-corrected chi connectivity index (χ4v) is 4.41. The van der Waals surface area contributed by atoms with E-state index in [-0.39, 0.29) is 0 Å². The molecule has 0 radical (unpaired) electrons. The number of aromatic nitrogens is 1. The molecule has 0 spiro atoms. The van der Waals surface area contributed by atoms with E-state index in [0.717, 1.165) is 39.7 Å². The summed E-state index contributed by atoms with van der Waals surface area (Å²) in [6.07, 6.45) is 5.12. The summed E-state index contributed by atoms with van der Waals surface area (Å²) in [4.78, 5) is 4.63. The lowest BCUT2D eigenvalue weighted by molar-refractivity contribution is 0.518. The van der Waals surface area contributed by atoms with Crippen LogP contribution in [0, 0.1) is 12.8 Å². The van der Waals surface area contributed by atoms with Gasteiger partial charge in [0.1, 0.15) is 16.9 Å². The summed E-state index contributed by atoms with van der Waals surface area (Å²) in [6, 6.07) is 16.8. The smallest absolute Gasteiger partial charge is 0.227 e. The van der Waals surface area contributed by atoms with E-state index >= 15 is 0 Å². The molecule has 3 aromatic heterocycles. The van der Waals surface area contributed by atoms with Crippen molar-refractivity contribution in [3.05, 3.63) is 77.2 Å². The van der Waals surface area contributed by atoms with Gasteiger partial charge < -0.3 is 8.83 Å². The minimum Gasteiger partial charge on any atom is -0.460 e. The maximum Gasteiger partial charge on any atom is 0.227 e. The fraction of sp³-hybridized carbons (Fsp3) is 0.160. The maximum atomic E-state index is 6.10. The van der Waals surface area contributed by atoms with Crippen molar-refractivity contribution in [1.29, 1.82) is 0 Å². The molecule has 2 aromatic carbocycles. The Morgan fingerprint density at radius 1 is 0.929 bits per heavy atom. The number of allylic oxidation sites excluding steroid dienone is 1. The highest BCUT2D eigenvalue weighted by Gasteiger charge is 2.24. The summed E-state index contributed by atoms with van der Waals surface area (Å²) in [6.45, 7) is 4.36. The number of pyridine rings is 1. The molecule has 0 N–H and O–H groups in total. The van der Waals surface area contributed by atoms with Gasteiger partial charge in [-0.05, 0) is 54.3 Å². The van der Waals surface area contributed by atoms with Crippen LogP contribution in [0.2, 0.25) is 0 Å². The van der Waals surface area contributed by atoms with Gasteiger partial charge in [-0.15, -0.1) is 0 Å². The van der Waals surface area contributed by atoms with Gasteiger partial charge in [0.05, 0.1) is 0 Å². The zero-order chi connectivity index (χ0) is 18.8. The standard InChI is InChI=1S/C25H19NO2/c1-14-7-8-23-19(9-14)21-11-16(13-26-25(21)28-23)18-12-20-17-5-3-4-6-22(17)27-24(20)10-15(18)2/h3-9,11-13,15H,10H2,1-2H3. The summed E-state index contributed by atoms with van der Waals surface area (Å²) < 4.78 is 12.0. The molecule has 1 aliphatic carbocycles. The molecule has 1 aliphatic rings. The Morgan fingerprint density at radius 3 is 2.71 bits per heavy atom. The quantitative estimate of drug-likeness (QED) is 0.329. The average molecular weight is 365 g/mol. The van der Waals surface area contributed by atoms with Crippen molar-refractivity contribution in [2.45, 2.75) is 20.3 Å². The molecule has 1 atom stereocenters. The van der Waals surface area contributed by atoms with E-state index in [1.807, 2.05) is 24.4 Å². The van der Waals surface area contributed by atoms with Gasteiger partial charge in [-0.3, -0.25) is 0 Å². The van der Waals surface area contributed by atoms with Crippen LogP contribution >= 0.6 is 0 Å². The third-order valence-electron chi connectivity index (χ3n) is 5.85. The van der Waals surface area contributed by atoms with E-state index in [4.69, 9.17) is 8.83 Å². The molecule has 28 heavy (non-hydrogen) atoms. The molecule has 0 saturated heterocycles. The number of hydrogen-bond donors (Lipinski definition) is 0. The van der Waals surface area contributed by atoms with Gasteiger partial charge in [0.15, 0.2) is 0 Å². The van der Waals surface area contributed by atoms with Gasteiger partial charge in [0.2, 0.25) is 5.71 Å². The van der Waals surface area contributed by atoms with Gasteiger partial charge in [-0.1, -0.05) is 36.8 Å². The second-order valence-corrected chi connectivity index (χ2v) is 7.82. The Morgan fingerprint density at radius 2 is 1.79 bits per heavy atom. The number of para-hydroxylation sites is 1. The van der Waals surface area contributed by atoms with Gasteiger partial charge in [-0.25, -0.2) is 4.98 Å². The van der Waals surface area contributed by atoms with E-state index < -0.39 is 0 Å². The molecule has 0 aliphatic heterocycles. The molecular weight excluding hydrogens is 346 g/mol. The van der Waals surface area contributed by atoms with Gasteiger partial charge in [-0.2, -0.15) is 0 Å². The predicted molar refractivity (Wildman–Crippen MR) is 113 cm³/mol. The third kappa shape index (κ3) is 2.19. The molecule has 0 saturated carbocycles. The first-order valence-corrected chi connectivity index (χ1v) is 9.68. The van der Waals surface area contributed by atoms with E-state index in [1.54, 1.807) is 0 Å². The molecule has 3 heterocycles. The second-order valence-electron chi connectivity index (χ2n) is 7.82. The fourth-order valence-electron chi connectivity index (χ4n) is 4.41. The lowest BCUT2D eigenvalue weighted by atomic mass is 9.84. The number of benzene rings is 2. The molecule has 5 aromatic rings. The molecule has 3 heteroatoms. The first-order valence-electron chi connectivity index (χ1n) is 9.68. The average Bonchev–Trinajstić information content (AvgIpc) is 3.24. The SMILES string of the molecule is Cc1ccc2oc3ncc(C4=Cc5c(oc6ccccc56)CC4C)cc3c2c1. The number of fused-ring (bicyclic) bond motifs is 6. The van der Waals surface area contributed by atoms with Crippen molar-refractivity contribution in [2.24, 2.45) is 5.92 Å². The number of aryl methyl sites for hydroxylation is 1. The maximum absolute atomic E-state index is 6.10. The van der Waals surface area contributed by atoms with Crippen LogP contribution < -0.4 is 0 Å². The Bertz CT molecular complexity index is 1420. The molecule has 3 nitrogen and oxygen atoms in total. The van der Waals surface area contributed by atoms with Crippen LogP contribution in [0.3, 0.4) is 0 Å². The van der Waals surface area contributed by atoms with Crippen LogP contribution in [0.15, 0.2) is 63.6 Å². The summed E-state index contributed by atoms with van der Waals surface area (Å²) >= 11 is 0. The third-order valence-corrected chi connectivity index (χ3v) is 5.85. The highest BCUT2D eigenvalue weighted by atomic mass is 16.3. The molecule has 0 fully saturated rings. The normalized spacial score (nSPS) is 16.6. The van der Waals surface area contributed by atoms with Crippen molar-refractivity contribution >= 4 is 44.7 Å². The molecule has 6 rings (SSSR count). The zero-order valence-electron chi connectivity index (χ0n) is 15.8. The monoisotopic (exact) mass is 365 g/mol. The topological polar surface area (TPSA) is 39.2 Å². The lowest BCUT2D eigenvalue weighted by Gasteiger charge is -2.20. The molecule has 0 amide bonds. The van der Waals surface area contributed by atoms with Crippen LogP contribution in [-0.2, 0) is 6.42 Å². The lowest BCUT2D eigenvalue weighted by Crippen LogP contribution is -2.08. The first-order chi connectivity index (χ1) is 13.7. The highest BCUT2D eigenvalue weighted by molar-refractivity contribution is 6.05. The molecule has 136 valence electrons. The molecule has 0 bridgehead atoms. The Kier molecular flexibility index (Phi) is 3.13. The van der Waals surface area contributed by atoms with Gasteiger partial charge >= 0.3 is 0 Å². The van der Waals surface area contributed by atoms with Crippen LogP contribution in [-0.4, -0.2) is 4.98 Å². The zero-order valence-corrected chi connectivity index (χ0v) is 15.8. The van der Waals surface area contributed by atoms with Crippen molar-refractivity contribution in [2.75, 3.05) is 0 Å². The van der Waals surface area contributed by atoms with Gasteiger partial charge in [0, 0.05) is 34.3 Å². The van der Waals surface area contributed by atoms with E-state index in [1.165, 1.54) is 22.1 Å². The van der Waals surface area contributed by atoms with E-state index in [9.17, 15) is 0 Å². The minimum absolute atomic E-state index is 0.368. The summed E-state index contributed by atoms with van der Waals surface area (Å²) in [5.74, 6) is 1.45. The Balaban J connectivity index is 1.57. The van der Waals surface area contributed by atoms with Crippen LogP contribution in [0.1, 0.15) is 29.4 Å². The van der Waals surface area contributed by atoms with E-state index in [0.29, 0.717) is 11.6 Å². The van der Waals surface area contributed by atoms with Crippen LogP contribution in [0.25, 0.3) is 44.7 Å². The summed E-state index contributed by atoms with van der Waals surface area (Å²) in [7, 11) is 0. The van der Waals surface area contributed by atoms with Crippen molar-refractivity contribution in [1.82, 2.24) is 4.98 Å². The van der Waals surface area contributed by atoms with Crippen molar-refractivity contribution < 1.29 is 8.83 Å². The predicted octanol–water partition coefficient (Wildman–Crippen LogP) is 6.77. The number of nitrogens with zero attached hydrogens (tertiary/aromatic N) is 1. The van der Waals surface area contributed by atoms with Gasteiger partial charge in [0.25, 0.3) is 0 Å². The Labute approximate surface area is 162 Å². The number of furan rings is 2. The summed E-state index contributed by atoms with van der Waals surface area (Å²) in [5, 5.41) is 3.38. The Hall–Kier alpha value is -3.33. The first kappa shape index (κ1) is 15.7. The minimum atomic E-state index is 0.368.